The molecular formula is C10H17ClN4O2S. The molecule has 1 aromatic rings. The molecule has 0 fully saturated rings. The van der Waals surface area contributed by atoms with Crippen LogP contribution < -0.4 is 16.0 Å². The quantitative estimate of drug-likeness (QED) is 0.545. The van der Waals surface area contributed by atoms with Crippen LogP contribution in [0.15, 0.2) is 17.2 Å². The van der Waals surface area contributed by atoms with E-state index in [4.69, 9.17) is 17.4 Å². The van der Waals surface area contributed by atoms with Crippen molar-refractivity contribution in [3.05, 3.63) is 17.3 Å². The number of nitrogen functional groups attached to an aromatic ring is 1. The Bertz CT molecular complexity index is 507. The van der Waals surface area contributed by atoms with Crippen LogP contribution in [0.1, 0.15) is 26.7 Å². The Kier molecular flexibility index (Phi) is 5.33. The molecule has 0 spiro atoms. The summed E-state index contributed by atoms with van der Waals surface area (Å²) in [6, 6.07) is 1.18. The van der Waals surface area contributed by atoms with E-state index in [1.807, 2.05) is 13.8 Å². The van der Waals surface area contributed by atoms with E-state index in [9.17, 15) is 8.42 Å². The zero-order valence-electron chi connectivity index (χ0n) is 10.3. The summed E-state index contributed by atoms with van der Waals surface area (Å²) in [6.07, 6.45) is 2.88. The van der Waals surface area contributed by atoms with Gasteiger partial charge in [0.2, 0.25) is 10.0 Å². The Balaban J connectivity index is 2.95. The number of sulfonamides is 1. The standard InChI is InChI=1S/C10H17ClN4O2S/c1-3-4-7(2)15-18(16,17)8-5-9(11)10(14-12)13-6-8/h5-7,15H,3-4,12H2,1-2H3,(H,13,14). The normalized spacial score (nSPS) is 13.3. The molecule has 18 heavy (non-hydrogen) atoms. The van der Waals surface area contributed by atoms with Gasteiger partial charge in [-0.05, 0) is 19.4 Å². The second kappa shape index (κ2) is 6.33. The second-order valence-corrected chi connectivity index (χ2v) is 6.08. The molecule has 0 aliphatic heterocycles. The van der Waals surface area contributed by atoms with Gasteiger partial charge in [-0.2, -0.15) is 0 Å². The fraction of sp³-hybridized carbons (Fsp3) is 0.500. The average Bonchev–Trinajstić information content (AvgIpc) is 2.28. The summed E-state index contributed by atoms with van der Waals surface area (Å²) in [5.74, 6) is 5.40. The smallest absolute Gasteiger partial charge is 0.242 e. The first-order valence-corrected chi connectivity index (χ1v) is 7.41. The molecular weight excluding hydrogens is 276 g/mol. The molecule has 0 saturated heterocycles. The van der Waals surface area contributed by atoms with Crippen LogP contribution in [0.2, 0.25) is 5.02 Å². The lowest BCUT2D eigenvalue weighted by Crippen LogP contribution is -2.32. The Morgan fingerprint density at radius 1 is 1.56 bits per heavy atom. The van der Waals surface area contributed by atoms with E-state index >= 15 is 0 Å². The Labute approximate surface area is 112 Å². The first-order valence-electron chi connectivity index (χ1n) is 5.55. The molecule has 0 radical (unpaired) electrons. The Morgan fingerprint density at radius 2 is 2.22 bits per heavy atom. The molecule has 0 aliphatic carbocycles. The minimum absolute atomic E-state index is 0.0226. The second-order valence-electron chi connectivity index (χ2n) is 3.96. The van der Waals surface area contributed by atoms with E-state index < -0.39 is 10.0 Å². The molecule has 8 heteroatoms. The topological polar surface area (TPSA) is 97.1 Å². The van der Waals surface area contributed by atoms with Gasteiger partial charge < -0.3 is 5.43 Å². The minimum atomic E-state index is -3.59. The molecule has 1 atom stereocenters. The van der Waals surface area contributed by atoms with Crippen molar-refractivity contribution in [3.63, 3.8) is 0 Å². The van der Waals surface area contributed by atoms with Gasteiger partial charge in [-0.25, -0.2) is 24.0 Å². The molecule has 0 amide bonds. The summed E-state index contributed by atoms with van der Waals surface area (Å²) in [6.45, 7) is 3.80. The highest BCUT2D eigenvalue weighted by molar-refractivity contribution is 7.89. The third-order valence-corrected chi connectivity index (χ3v) is 4.19. The average molecular weight is 293 g/mol. The van der Waals surface area contributed by atoms with Crippen LogP contribution in [-0.4, -0.2) is 19.4 Å². The number of anilines is 1. The molecule has 1 rings (SSSR count). The van der Waals surface area contributed by atoms with Crippen molar-refractivity contribution in [2.75, 3.05) is 5.43 Å². The van der Waals surface area contributed by atoms with Crippen molar-refractivity contribution in [2.24, 2.45) is 5.84 Å². The summed E-state index contributed by atoms with van der Waals surface area (Å²) in [4.78, 5) is 3.85. The van der Waals surface area contributed by atoms with Crippen LogP contribution in [0.25, 0.3) is 0 Å². The number of nitrogens with one attached hydrogen (secondary N) is 2. The monoisotopic (exact) mass is 292 g/mol. The highest BCUT2D eigenvalue weighted by Gasteiger charge is 2.18. The Hall–Kier alpha value is -0.890. The number of nitrogens with zero attached hydrogens (tertiary/aromatic N) is 1. The van der Waals surface area contributed by atoms with Crippen LogP contribution in [0.3, 0.4) is 0 Å². The number of hydrogen-bond donors (Lipinski definition) is 3. The van der Waals surface area contributed by atoms with Crippen LogP contribution >= 0.6 is 11.6 Å². The van der Waals surface area contributed by atoms with Crippen molar-refractivity contribution in [3.8, 4) is 0 Å². The van der Waals surface area contributed by atoms with Crippen LogP contribution in [0.5, 0.6) is 0 Å². The van der Waals surface area contributed by atoms with E-state index in [0.717, 1.165) is 12.8 Å². The van der Waals surface area contributed by atoms with E-state index in [1.165, 1.54) is 12.3 Å². The molecule has 6 nitrogen and oxygen atoms in total. The van der Waals surface area contributed by atoms with Crippen molar-refractivity contribution < 1.29 is 8.42 Å². The third kappa shape index (κ3) is 3.81. The first-order chi connectivity index (χ1) is 8.40. The molecule has 1 aromatic heterocycles. The number of pyridine rings is 1. The summed E-state index contributed by atoms with van der Waals surface area (Å²) >= 11 is 5.84. The van der Waals surface area contributed by atoms with Crippen molar-refractivity contribution in [2.45, 2.75) is 37.6 Å². The summed E-state index contributed by atoms with van der Waals surface area (Å²) in [5.41, 5.74) is 2.28. The molecule has 0 saturated carbocycles. The number of rotatable bonds is 6. The van der Waals surface area contributed by atoms with Crippen LogP contribution in [0.4, 0.5) is 5.82 Å². The van der Waals surface area contributed by atoms with E-state index in [1.54, 1.807) is 0 Å². The molecule has 0 aliphatic rings. The van der Waals surface area contributed by atoms with Gasteiger partial charge in [-0.3, -0.25) is 0 Å². The number of nitrogens with two attached hydrogens (primary N) is 1. The largest absolute Gasteiger partial charge is 0.307 e. The van der Waals surface area contributed by atoms with Crippen molar-refractivity contribution >= 4 is 27.4 Å². The number of aromatic nitrogens is 1. The lowest BCUT2D eigenvalue weighted by molar-refractivity contribution is 0.543. The molecule has 102 valence electrons. The summed E-state index contributed by atoms with van der Waals surface area (Å²) in [7, 11) is -3.59. The SMILES string of the molecule is CCCC(C)NS(=O)(=O)c1cnc(NN)c(Cl)c1. The minimum Gasteiger partial charge on any atom is -0.307 e. The number of hydrazine groups is 1. The molecule has 1 heterocycles. The van der Waals surface area contributed by atoms with Gasteiger partial charge in [-0.15, -0.1) is 0 Å². The zero-order chi connectivity index (χ0) is 13.8. The molecule has 0 bridgehead atoms. The first kappa shape index (κ1) is 15.2. The van der Waals surface area contributed by atoms with E-state index in [0.29, 0.717) is 0 Å². The van der Waals surface area contributed by atoms with Gasteiger partial charge in [0.05, 0.1) is 5.02 Å². The Morgan fingerprint density at radius 3 is 2.72 bits per heavy atom. The van der Waals surface area contributed by atoms with Gasteiger partial charge in [-0.1, -0.05) is 24.9 Å². The third-order valence-electron chi connectivity index (χ3n) is 2.34. The molecule has 1 unspecified atom stereocenters. The van der Waals surface area contributed by atoms with Crippen molar-refractivity contribution in [1.29, 1.82) is 0 Å². The predicted molar refractivity (Wildman–Crippen MR) is 71.7 cm³/mol. The fourth-order valence-corrected chi connectivity index (χ4v) is 3.03. The van der Waals surface area contributed by atoms with Gasteiger partial charge in [0.1, 0.15) is 4.90 Å². The maximum absolute atomic E-state index is 12.0. The molecule has 4 N–H and O–H groups in total. The predicted octanol–water partition coefficient (Wildman–Crippen LogP) is 1.49. The summed E-state index contributed by atoms with van der Waals surface area (Å²) < 4.78 is 26.6. The fourth-order valence-electron chi connectivity index (χ4n) is 1.50. The van der Waals surface area contributed by atoms with Crippen LogP contribution in [-0.2, 0) is 10.0 Å². The number of hydrogen-bond acceptors (Lipinski definition) is 5. The lowest BCUT2D eigenvalue weighted by atomic mass is 10.2. The summed E-state index contributed by atoms with van der Waals surface area (Å²) in [5, 5.41) is 0.156. The highest BCUT2D eigenvalue weighted by atomic mass is 35.5. The van der Waals surface area contributed by atoms with Gasteiger partial charge in [0.15, 0.2) is 5.82 Å². The van der Waals surface area contributed by atoms with Gasteiger partial charge in [0, 0.05) is 12.2 Å². The maximum atomic E-state index is 12.0. The number of halogens is 1. The van der Waals surface area contributed by atoms with E-state index in [2.05, 4.69) is 15.1 Å². The highest BCUT2D eigenvalue weighted by Crippen LogP contribution is 2.21. The van der Waals surface area contributed by atoms with Crippen molar-refractivity contribution in [1.82, 2.24) is 9.71 Å². The van der Waals surface area contributed by atoms with Gasteiger partial charge >= 0.3 is 0 Å². The van der Waals surface area contributed by atoms with Gasteiger partial charge in [0.25, 0.3) is 0 Å². The van der Waals surface area contributed by atoms with Crippen LogP contribution in [0, 0.1) is 0 Å². The molecule has 0 aromatic carbocycles. The lowest BCUT2D eigenvalue weighted by Gasteiger charge is -2.13. The maximum Gasteiger partial charge on any atom is 0.242 e. The zero-order valence-corrected chi connectivity index (χ0v) is 11.8. The van der Waals surface area contributed by atoms with E-state index in [-0.39, 0.29) is 21.8 Å².